The molecule has 3 nitrogen and oxygen atoms in total. The number of rotatable bonds is 8. The van der Waals surface area contributed by atoms with Crippen molar-refractivity contribution >= 4 is 40.9 Å². The molecule has 1 heterocycles. The van der Waals surface area contributed by atoms with Crippen molar-refractivity contribution in [2.75, 3.05) is 6.61 Å². The summed E-state index contributed by atoms with van der Waals surface area (Å²) in [5.74, 6) is -0.0621. The van der Waals surface area contributed by atoms with Crippen LogP contribution in [0.15, 0.2) is 78.9 Å². The Hall–Kier alpha value is -3.27. The fraction of sp³-hybridized carbons (Fsp3) is 0.172. The van der Waals surface area contributed by atoms with Crippen LogP contribution in [0.1, 0.15) is 53.1 Å². The Kier molecular flexibility index (Phi) is 7.33. The van der Waals surface area contributed by atoms with Crippen molar-refractivity contribution in [2.45, 2.75) is 25.2 Å². The van der Waals surface area contributed by atoms with E-state index in [1.54, 1.807) is 0 Å². The number of aldehydes is 1. The first-order valence-corrected chi connectivity index (χ1v) is 11.4. The largest absolute Gasteiger partial charge is 0.396 e. The first-order chi connectivity index (χ1) is 16.1. The molecule has 4 heteroatoms. The maximum absolute atomic E-state index is 11.6. The molecule has 0 aliphatic heterocycles. The molecule has 0 fully saturated rings. The first-order valence-electron chi connectivity index (χ1n) is 11.1. The van der Waals surface area contributed by atoms with E-state index >= 15 is 0 Å². The number of hydrogen-bond donors (Lipinski definition) is 1. The summed E-state index contributed by atoms with van der Waals surface area (Å²) in [5.41, 5.74) is 5.97. The van der Waals surface area contributed by atoms with Crippen LogP contribution in [0.3, 0.4) is 0 Å². The van der Waals surface area contributed by atoms with Crippen LogP contribution in [0.2, 0.25) is 5.02 Å². The van der Waals surface area contributed by atoms with Crippen LogP contribution in [0.5, 0.6) is 0 Å². The van der Waals surface area contributed by atoms with Gasteiger partial charge in [0.1, 0.15) is 6.29 Å². The lowest BCUT2D eigenvalue weighted by molar-refractivity contribution is -0.108. The standard InChI is InChI=1S/C29H26ClNO2/c1-20(19-33)26-7-2-3-8-28(26)27(15-16-32)23-6-4-5-21(17-23)9-13-25-14-11-22-10-12-24(30)18-29(22)31-25/h2-14,16-18,20,27,33H,15,19H2,1H3. The highest BCUT2D eigenvalue weighted by Crippen LogP contribution is 2.33. The van der Waals surface area contributed by atoms with Gasteiger partial charge in [-0.15, -0.1) is 0 Å². The molecule has 0 saturated heterocycles. The lowest BCUT2D eigenvalue weighted by Crippen LogP contribution is -2.09. The van der Waals surface area contributed by atoms with Gasteiger partial charge in [-0.1, -0.05) is 85.3 Å². The molecule has 0 amide bonds. The van der Waals surface area contributed by atoms with E-state index in [4.69, 9.17) is 11.6 Å². The number of benzene rings is 3. The molecular formula is C29H26ClNO2. The van der Waals surface area contributed by atoms with Crippen molar-refractivity contribution < 1.29 is 9.90 Å². The molecule has 33 heavy (non-hydrogen) atoms. The summed E-state index contributed by atoms with van der Waals surface area (Å²) < 4.78 is 0. The number of fused-ring (bicyclic) bond motifs is 1. The number of pyridine rings is 1. The molecule has 0 radical (unpaired) electrons. The van der Waals surface area contributed by atoms with Gasteiger partial charge in [0, 0.05) is 35.3 Å². The summed E-state index contributed by atoms with van der Waals surface area (Å²) in [4.78, 5) is 16.2. The van der Waals surface area contributed by atoms with Crippen molar-refractivity contribution in [1.82, 2.24) is 4.98 Å². The average Bonchev–Trinajstić information content (AvgIpc) is 2.85. The lowest BCUT2D eigenvalue weighted by Gasteiger charge is -2.22. The lowest BCUT2D eigenvalue weighted by atomic mass is 9.82. The van der Waals surface area contributed by atoms with Gasteiger partial charge in [0.2, 0.25) is 0 Å². The Bertz CT molecular complexity index is 1300. The monoisotopic (exact) mass is 455 g/mol. The van der Waals surface area contributed by atoms with Gasteiger partial charge in [-0.25, -0.2) is 4.98 Å². The quantitative estimate of drug-likeness (QED) is 0.295. The maximum Gasteiger partial charge on any atom is 0.120 e. The Morgan fingerprint density at radius 3 is 2.52 bits per heavy atom. The predicted molar refractivity (Wildman–Crippen MR) is 137 cm³/mol. The highest BCUT2D eigenvalue weighted by atomic mass is 35.5. The normalized spacial score (nSPS) is 13.3. The molecule has 4 rings (SSSR count). The van der Waals surface area contributed by atoms with Crippen LogP contribution in [0, 0.1) is 0 Å². The van der Waals surface area contributed by atoms with Crippen LogP contribution in [-0.2, 0) is 4.79 Å². The third-order valence-corrected chi connectivity index (χ3v) is 6.18. The first kappa shape index (κ1) is 22.9. The zero-order chi connectivity index (χ0) is 23.2. The van der Waals surface area contributed by atoms with Gasteiger partial charge in [-0.3, -0.25) is 0 Å². The summed E-state index contributed by atoms with van der Waals surface area (Å²) in [7, 11) is 0. The number of aliphatic hydroxyl groups is 1. The van der Waals surface area contributed by atoms with Crippen molar-refractivity contribution in [1.29, 1.82) is 0 Å². The third-order valence-electron chi connectivity index (χ3n) is 5.94. The zero-order valence-corrected chi connectivity index (χ0v) is 19.2. The molecule has 1 aromatic heterocycles. The number of aromatic nitrogens is 1. The van der Waals surface area contributed by atoms with E-state index in [1.165, 1.54) is 0 Å². The van der Waals surface area contributed by atoms with Crippen molar-refractivity contribution in [2.24, 2.45) is 0 Å². The van der Waals surface area contributed by atoms with Gasteiger partial charge in [-0.2, -0.15) is 0 Å². The van der Waals surface area contributed by atoms with E-state index in [0.29, 0.717) is 11.4 Å². The minimum absolute atomic E-state index is 0.00547. The topological polar surface area (TPSA) is 50.2 Å². The predicted octanol–water partition coefficient (Wildman–Crippen LogP) is 6.88. The Morgan fingerprint density at radius 1 is 0.939 bits per heavy atom. The molecule has 1 N–H and O–H groups in total. The van der Waals surface area contributed by atoms with Gasteiger partial charge >= 0.3 is 0 Å². The van der Waals surface area contributed by atoms with Crippen LogP contribution in [-0.4, -0.2) is 23.0 Å². The minimum Gasteiger partial charge on any atom is -0.396 e. The van der Waals surface area contributed by atoms with E-state index < -0.39 is 0 Å². The number of halogens is 1. The van der Waals surface area contributed by atoms with Gasteiger partial charge in [0.25, 0.3) is 0 Å². The fourth-order valence-electron chi connectivity index (χ4n) is 4.17. The van der Waals surface area contributed by atoms with Crippen LogP contribution in [0.4, 0.5) is 0 Å². The fourth-order valence-corrected chi connectivity index (χ4v) is 4.34. The Labute approximate surface area is 199 Å². The van der Waals surface area contributed by atoms with Crippen molar-refractivity contribution in [3.8, 4) is 0 Å². The molecule has 4 aromatic rings. The summed E-state index contributed by atoms with van der Waals surface area (Å²) in [6.45, 7) is 2.07. The SMILES string of the molecule is CC(CO)c1ccccc1C(CC=O)c1cccc(C=Cc2ccc3ccc(Cl)cc3n2)c1. The average molecular weight is 456 g/mol. The van der Waals surface area contributed by atoms with Crippen LogP contribution < -0.4 is 0 Å². The van der Waals surface area contributed by atoms with Gasteiger partial charge in [0.05, 0.1) is 11.2 Å². The molecule has 2 atom stereocenters. The summed E-state index contributed by atoms with van der Waals surface area (Å²) in [5, 5.41) is 11.4. The zero-order valence-electron chi connectivity index (χ0n) is 18.5. The van der Waals surface area contributed by atoms with Crippen LogP contribution in [0.25, 0.3) is 23.1 Å². The number of carbonyl (C=O) groups excluding carboxylic acids is 1. The second kappa shape index (κ2) is 10.6. The molecule has 2 unspecified atom stereocenters. The number of nitrogens with zero attached hydrogens (tertiary/aromatic N) is 1. The van der Waals surface area contributed by atoms with Crippen LogP contribution >= 0.6 is 11.6 Å². The summed E-state index contributed by atoms with van der Waals surface area (Å²) in [6.07, 6.45) is 5.37. The molecular weight excluding hydrogens is 430 g/mol. The van der Waals surface area contributed by atoms with E-state index in [0.717, 1.165) is 45.1 Å². The summed E-state index contributed by atoms with van der Waals surface area (Å²) in [6, 6.07) is 26.0. The number of carbonyl (C=O) groups is 1. The Balaban J connectivity index is 1.66. The Morgan fingerprint density at radius 2 is 1.73 bits per heavy atom. The second-order valence-corrected chi connectivity index (χ2v) is 8.68. The molecule has 0 spiro atoms. The van der Waals surface area contributed by atoms with E-state index in [-0.39, 0.29) is 18.4 Å². The molecule has 0 bridgehead atoms. The molecule has 166 valence electrons. The van der Waals surface area contributed by atoms with E-state index in [1.807, 2.05) is 79.7 Å². The summed E-state index contributed by atoms with van der Waals surface area (Å²) >= 11 is 6.11. The second-order valence-electron chi connectivity index (χ2n) is 8.24. The molecule has 0 saturated carbocycles. The maximum atomic E-state index is 11.6. The van der Waals surface area contributed by atoms with Crippen molar-refractivity contribution in [3.63, 3.8) is 0 Å². The third kappa shape index (κ3) is 5.39. The number of aliphatic hydroxyl groups excluding tert-OH is 1. The van der Waals surface area contributed by atoms with E-state index in [9.17, 15) is 9.90 Å². The number of hydrogen-bond acceptors (Lipinski definition) is 3. The highest BCUT2D eigenvalue weighted by molar-refractivity contribution is 6.31. The smallest absolute Gasteiger partial charge is 0.120 e. The molecule has 0 aliphatic carbocycles. The van der Waals surface area contributed by atoms with Gasteiger partial charge in [-0.05, 0) is 46.5 Å². The highest BCUT2D eigenvalue weighted by Gasteiger charge is 2.19. The van der Waals surface area contributed by atoms with E-state index in [2.05, 4.69) is 23.2 Å². The van der Waals surface area contributed by atoms with Gasteiger partial charge in [0.15, 0.2) is 0 Å². The minimum atomic E-state index is -0.0676. The van der Waals surface area contributed by atoms with Gasteiger partial charge < -0.3 is 9.90 Å². The van der Waals surface area contributed by atoms with Crippen molar-refractivity contribution in [3.05, 3.63) is 112 Å². The molecule has 0 aliphatic rings. The molecule has 3 aromatic carbocycles.